The van der Waals surface area contributed by atoms with Gasteiger partial charge < -0.3 is 9.42 Å². The van der Waals surface area contributed by atoms with Crippen molar-refractivity contribution in [3.63, 3.8) is 0 Å². The van der Waals surface area contributed by atoms with Crippen molar-refractivity contribution in [2.45, 2.75) is 18.9 Å². The molecule has 1 aromatic heterocycles. The second kappa shape index (κ2) is 7.08. The molecule has 2 heterocycles. The normalized spacial score (nSPS) is 16.9. The molecule has 0 bridgehead atoms. The van der Waals surface area contributed by atoms with Gasteiger partial charge in [-0.25, -0.2) is 8.78 Å². The third-order valence-corrected chi connectivity index (χ3v) is 4.75. The Balaban J connectivity index is 1.50. The van der Waals surface area contributed by atoms with Gasteiger partial charge in [0, 0.05) is 31.1 Å². The third kappa shape index (κ3) is 3.68. The van der Waals surface area contributed by atoms with Crippen LogP contribution in [0.5, 0.6) is 0 Å². The average Bonchev–Trinajstić information content (AvgIpc) is 3.22. The van der Waals surface area contributed by atoms with Crippen LogP contribution >= 0.6 is 11.6 Å². The van der Waals surface area contributed by atoms with Crippen molar-refractivity contribution < 1.29 is 18.1 Å². The monoisotopic (exact) mass is 389 g/mol. The first kappa shape index (κ1) is 17.6. The van der Waals surface area contributed by atoms with Crippen LogP contribution in [0.15, 0.2) is 47.0 Å². The van der Waals surface area contributed by atoms with E-state index >= 15 is 0 Å². The zero-order valence-electron chi connectivity index (χ0n) is 14.0. The summed E-state index contributed by atoms with van der Waals surface area (Å²) in [7, 11) is 0. The number of halogens is 3. The maximum absolute atomic E-state index is 13.3. The van der Waals surface area contributed by atoms with E-state index in [4.69, 9.17) is 16.1 Å². The quantitative estimate of drug-likeness (QED) is 0.671. The van der Waals surface area contributed by atoms with E-state index in [1.54, 1.807) is 18.2 Å². The van der Waals surface area contributed by atoms with E-state index in [-0.39, 0.29) is 24.8 Å². The number of aromatic nitrogens is 2. The highest BCUT2D eigenvalue weighted by Gasteiger charge is 2.34. The molecule has 1 amide bonds. The van der Waals surface area contributed by atoms with Gasteiger partial charge in [0.1, 0.15) is 11.6 Å². The van der Waals surface area contributed by atoms with Crippen molar-refractivity contribution in [2.75, 3.05) is 6.54 Å². The fourth-order valence-electron chi connectivity index (χ4n) is 3.17. The molecule has 0 aliphatic carbocycles. The second-order valence-corrected chi connectivity index (χ2v) is 6.80. The van der Waals surface area contributed by atoms with Crippen LogP contribution in [-0.2, 0) is 11.3 Å². The summed E-state index contributed by atoms with van der Waals surface area (Å²) in [6.07, 6.45) is 0.196. The minimum atomic E-state index is -0.672. The highest BCUT2D eigenvalue weighted by atomic mass is 35.5. The highest BCUT2D eigenvalue weighted by Crippen LogP contribution is 2.31. The lowest BCUT2D eigenvalue weighted by atomic mass is 10.1. The molecule has 138 valence electrons. The van der Waals surface area contributed by atoms with Crippen LogP contribution in [-0.4, -0.2) is 27.5 Å². The summed E-state index contributed by atoms with van der Waals surface area (Å²) in [5.74, 6) is -1.06. The molecule has 5 nitrogen and oxygen atoms in total. The van der Waals surface area contributed by atoms with E-state index in [0.717, 1.165) is 6.07 Å². The van der Waals surface area contributed by atoms with E-state index in [0.29, 0.717) is 34.4 Å². The topological polar surface area (TPSA) is 59.2 Å². The molecule has 1 aliphatic rings. The lowest BCUT2D eigenvalue weighted by molar-refractivity contribution is -0.128. The maximum Gasteiger partial charge on any atom is 0.232 e. The first-order valence-electron chi connectivity index (χ1n) is 8.31. The summed E-state index contributed by atoms with van der Waals surface area (Å²) in [6.45, 7) is 0.455. The van der Waals surface area contributed by atoms with Crippen molar-refractivity contribution in [1.29, 1.82) is 0 Å². The number of hydrogen-bond donors (Lipinski definition) is 0. The number of likely N-dealkylation sites (tertiary alicyclic amines) is 1. The van der Waals surface area contributed by atoms with Gasteiger partial charge in [0.05, 0.1) is 10.9 Å². The zero-order valence-corrected chi connectivity index (χ0v) is 14.8. The molecule has 4 rings (SSSR count). The summed E-state index contributed by atoms with van der Waals surface area (Å²) in [5, 5.41) is 4.45. The molecule has 1 saturated heterocycles. The molecule has 0 N–H and O–H groups in total. The van der Waals surface area contributed by atoms with E-state index in [1.807, 2.05) is 6.07 Å². The molecule has 0 spiro atoms. The molecule has 8 heteroatoms. The second-order valence-electron chi connectivity index (χ2n) is 6.39. The first-order valence-corrected chi connectivity index (χ1v) is 8.68. The summed E-state index contributed by atoms with van der Waals surface area (Å²) in [6, 6.07) is 10.4. The van der Waals surface area contributed by atoms with Crippen LogP contribution in [0.4, 0.5) is 8.78 Å². The van der Waals surface area contributed by atoms with Gasteiger partial charge in [-0.05, 0) is 29.8 Å². The molecule has 1 unspecified atom stereocenters. The molecule has 1 atom stereocenters. The minimum absolute atomic E-state index is 0.121. The average molecular weight is 390 g/mol. The molecule has 27 heavy (non-hydrogen) atoms. The Hall–Kier alpha value is -2.80. The van der Waals surface area contributed by atoms with E-state index in [9.17, 15) is 13.6 Å². The van der Waals surface area contributed by atoms with Crippen LogP contribution in [0, 0.1) is 11.6 Å². The Kier molecular flexibility index (Phi) is 4.61. The summed E-state index contributed by atoms with van der Waals surface area (Å²) in [4.78, 5) is 18.2. The predicted molar refractivity (Wildman–Crippen MR) is 93.9 cm³/mol. The van der Waals surface area contributed by atoms with E-state index in [1.165, 1.54) is 17.0 Å². The van der Waals surface area contributed by atoms with Crippen molar-refractivity contribution in [3.8, 4) is 11.4 Å². The Bertz CT molecular complexity index is 988. The van der Waals surface area contributed by atoms with Gasteiger partial charge in [-0.1, -0.05) is 28.9 Å². The number of benzene rings is 2. The molecule has 3 aromatic rings. The number of hydrogen-bond acceptors (Lipinski definition) is 4. The summed E-state index contributed by atoms with van der Waals surface area (Å²) >= 11 is 6.14. The Labute approximate surface area is 158 Å². The van der Waals surface area contributed by atoms with Crippen molar-refractivity contribution in [2.24, 2.45) is 0 Å². The van der Waals surface area contributed by atoms with Gasteiger partial charge in [0.25, 0.3) is 0 Å². The first-order chi connectivity index (χ1) is 13.0. The van der Waals surface area contributed by atoms with Crippen LogP contribution in [0.1, 0.15) is 23.8 Å². The van der Waals surface area contributed by atoms with Gasteiger partial charge in [-0.2, -0.15) is 4.98 Å². The van der Waals surface area contributed by atoms with Gasteiger partial charge in [-0.3, -0.25) is 4.79 Å². The Morgan fingerprint density at radius 1 is 1.19 bits per heavy atom. The molecule has 0 radical (unpaired) electrons. The zero-order chi connectivity index (χ0) is 19.0. The van der Waals surface area contributed by atoms with Crippen molar-refractivity contribution in [3.05, 3.63) is 70.6 Å². The van der Waals surface area contributed by atoms with Crippen LogP contribution in [0.25, 0.3) is 11.4 Å². The van der Waals surface area contributed by atoms with E-state index < -0.39 is 11.6 Å². The molecular weight excluding hydrogens is 376 g/mol. The van der Waals surface area contributed by atoms with Gasteiger partial charge >= 0.3 is 0 Å². The van der Waals surface area contributed by atoms with Gasteiger partial charge in [0.2, 0.25) is 17.6 Å². The predicted octanol–water partition coefficient (Wildman–Crippen LogP) is 4.18. The summed E-state index contributed by atoms with van der Waals surface area (Å²) < 4.78 is 32.0. The number of amides is 1. The highest BCUT2D eigenvalue weighted by molar-refractivity contribution is 6.33. The molecule has 0 saturated carbocycles. The number of nitrogens with zero attached hydrogens (tertiary/aromatic N) is 3. The smallest absolute Gasteiger partial charge is 0.232 e. The van der Waals surface area contributed by atoms with Crippen molar-refractivity contribution >= 4 is 17.5 Å². The Morgan fingerprint density at radius 2 is 1.93 bits per heavy atom. The maximum atomic E-state index is 13.3. The van der Waals surface area contributed by atoms with Crippen LogP contribution < -0.4 is 0 Å². The lowest BCUT2D eigenvalue weighted by Gasteiger charge is -2.16. The molecule has 1 fully saturated rings. The van der Waals surface area contributed by atoms with E-state index in [2.05, 4.69) is 10.1 Å². The summed E-state index contributed by atoms with van der Waals surface area (Å²) in [5.41, 5.74) is 1.04. The van der Waals surface area contributed by atoms with Crippen LogP contribution in [0.2, 0.25) is 5.02 Å². The number of carbonyl (C=O) groups excluding carboxylic acids is 1. The molecular formula is C19H14ClF2N3O2. The minimum Gasteiger partial charge on any atom is -0.339 e. The lowest BCUT2D eigenvalue weighted by Crippen LogP contribution is -2.24. The number of rotatable bonds is 4. The largest absolute Gasteiger partial charge is 0.339 e. The third-order valence-electron chi connectivity index (χ3n) is 4.42. The standard InChI is InChI=1S/C19H14ClF2N3O2/c20-16-4-2-1-3-15(16)18-23-19(27-24-18)12-7-17(26)25(10-12)9-11-5-13(21)8-14(22)6-11/h1-6,8,12H,7,9-10H2. The van der Waals surface area contributed by atoms with Crippen molar-refractivity contribution in [1.82, 2.24) is 15.0 Å². The number of carbonyl (C=O) groups is 1. The van der Waals surface area contributed by atoms with Gasteiger partial charge in [0.15, 0.2) is 0 Å². The SMILES string of the molecule is O=C1CC(c2nc(-c3ccccc3Cl)no2)CN1Cc1cc(F)cc(F)c1. The fourth-order valence-corrected chi connectivity index (χ4v) is 3.39. The molecule has 2 aromatic carbocycles. The Morgan fingerprint density at radius 3 is 2.67 bits per heavy atom. The fraction of sp³-hybridized carbons (Fsp3) is 0.211. The molecule has 1 aliphatic heterocycles. The van der Waals surface area contributed by atoms with Crippen LogP contribution in [0.3, 0.4) is 0 Å². The van der Waals surface area contributed by atoms with Gasteiger partial charge in [-0.15, -0.1) is 0 Å².